The minimum Gasteiger partial charge on any atom is -0.469 e. The van der Waals surface area contributed by atoms with Gasteiger partial charge >= 0.3 is 0 Å². The number of nitrogens with zero attached hydrogens (tertiary/aromatic N) is 4. The van der Waals surface area contributed by atoms with Crippen molar-refractivity contribution >= 4 is 0 Å². The van der Waals surface area contributed by atoms with Crippen LogP contribution in [0.2, 0.25) is 0 Å². The fraction of sp³-hybridized carbons (Fsp3) is 0.273. The predicted molar refractivity (Wildman–Crippen MR) is 51.1 cm³/mol. The normalized spacial score (nSPS) is 9.88. The van der Waals surface area contributed by atoms with Gasteiger partial charge in [0, 0.05) is 5.56 Å². The van der Waals surface area contributed by atoms with Crippen molar-refractivity contribution in [3.05, 3.63) is 23.7 Å². The van der Waals surface area contributed by atoms with Gasteiger partial charge < -0.3 is 4.42 Å². The van der Waals surface area contributed by atoms with E-state index in [9.17, 15) is 0 Å². The molecule has 5 nitrogen and oxygen atoms in total. The lowest BCUT2D eigenvalue weighted by atomic mass is 9.74. The Morgan fingerprint density at radius 3 is 2.06 bits per heavy atom. The van der Waals surface area contributed by atoms with Crippen LogP contribution in [0.1, 0.15) is 11.3 Å². The third-order valence-electron chi connectivity index (χ3n) is 2.23. The smallest absolute Gasteiger partial charge is 0.200 e. The molecule has 1 aromatic heterocycles. The lowest BCUT2D eigenvalue weighted by Crippen LogP contribution is -2.30. The molecule has 16 heavy (non-hydrogen) atoms. The van der Waals surface area contributed by atoms with Gasteiger partial charge in [0.2, 0.25) is 0 Å². The summed E-state index contributed by atoms with van der Waals surface area (Å²) in [6.45, 7) is 1.65. The van der Waals surface area contributed by atoms with Crippen LogP contribution >= 0.6 is 0 Å². The minimum absolute atomic E-state index is 0.239. The van der Waals surface area contributed by atoms with Crippen molar-refractivity contribution in [2.24, 2.45) is 5.92 Å². The van der Waals surface area contributed by atoms with Gasteiger partial charge in [0.1, 0.15) is 5.76 Å². The Morgan fingerprint density at radius 2 is 1.75 bits per heavy atom. The van der Waals surface area contributed by atoms with Crippen LogP contribution in [0.4, 0.5) is 0 Å². The molecule has 0 aliphatic carbocycles. The molecule has 0 aliphatic rings. The summed E-state index contributed by atoms with van der Waals surface area (Å²) in [5.74, 6) is -0.834. The second kappa shape index (κ2) is 4.18. The van der Waals surface area contributed by atoms with Crippen LogP contribution in [-0.4, -0.2) is 0 Å². The van der Waals surface area contributed by atoms with Crippen molar-refractivity contribution in [3.8, 4) is 24.3 Å². The van der Waals surface area contributed by atoms with Crippen LogP contribution in [-0.2, 0) is 5.41 Å². The highest BCUT2D eigenvalue weighted by molar-refractivity contribution is 5.45. The van der Waals surface area contributed by atoms with E-state index in [0.29, 0.717) is 5.76 Å². The van der Waals surface area contributed by atoms with Gasteiger partial charge in [-0.1, -0.05) is 0 Å². The van der Waals surface area contributed by atoms with E-state index >= 15 is 0 Å². The number of aryl methyl sites for hydroxylation is 1. The number of rotatable bonds is 2. The third-order valence-corrected chi connectivity index (χ3v) is 2.23. The number of hydrogen-bond acceptors (Lipinski definition) is 5. The molecular formula is C11H6N4O. The lowest BCUT2D eigenvalue weighted by molar-refractivity contribution is 0.522. The maximum atomic E-state index is 9.06. The molecule has 0 amide bonds. The molecule has 0 N–H and O–H groups in total. The van der Waals surface area contributed by atoms with Crippen molar-refractivity contribution < 1.29 is 4.42 Å². The maximum Gasteiger partial charge on any atom is 0.200 e. The van der Waals surface area contributed by atoms with Gasteiger partial charge in [-0.05, 0) is 13.0 Å². The Balaban J connectivity index is 3.42. The van der Waals surface area contributed by atoms with Crippen molar-refractivity contribution in [1.82, 2.24) is 0 Å². The minimum atomic E-state index is -1.79. The molecule has 0 radical (unpaired) electrons. The van der Waals surface area contributed by atoms with Crippen LogP contribution in [0.25, 0.3) is 0 Å². The Hall–Kier alpha value is -2.76. The zero-order chi connectivity index (χ0) is 12.2. The molecule has 0 bridgehead atoms. The first-order valence-electron chi connectivity index (χ1n) is 4.32. The quantitative estimate of drug-likeness (QED) is 0.735. The average molecular weight is 210 g/mol. The summed E-state index contributed by atoms with van der Waals surface area (Å²) in [6, 6.07) is 8.25. The fourth-order valence-corrected chi connectivity index (χ4v) is 1.32. The number of furan rings is 1. The summed E-state index contributed by atoms with van der Waals surface area (Å²) in [5, 5.41) is 35.7. The molecule has 0 aliphatic heterocycles. The first kappa shape index (κ1) is 11.3. The first-order chi connectivity index (χ1) is 7.64. The highest BCUT2D eigenvalue weighted by Crippen LogP contribution is 2.32. The Morgan fingerprint density at radius 1 is 1.19 bits per heavy atom. The largest absolute Gasteiger partial charge is 0.469 e. The third kappa shape index (κ3) is 1.48. The van der Waals surface area contributed by atoms with E-state index in [0.717, 1.165) is 0 Å². The van der Waals surface area contributed by atoms with Gasteiger partial charge in [0.05, 0.1) is 30.5 Å². The highest BCUT2D eigenvalue weighted by Gasteiger charge is 2.43. The molecule has 76 valence electrons. The number of hydrogen-bond donors (Lipinski definition) is 0. The Bertz CT molecular complexity index is 531. The lowest BCUT2D eigenvalue weighted by Gasteiger charge is -2.16. The molecule has 0 saturated carbocycles. The molecular weight excluding hydrogens is 204 g/mol. The predicted octanol–water partition coefficient (Wildman–Crippen LogP) is 1.54. The molecule has 0 fully saturated rings. The van der Waals surface area contributed by atoms with E-state index < -0.39 is 11.3 Å². The van der Waals surface area contributed by atoms with Gasteiger partial charge in [0.25, 0.3) is 0 Å². The van der Waals surface area contributed by atoms with Crippen LogP contribution in [0, 0.1) is 58.2 Å². The van der Waals surface area contributed by atoms with E-state index in [1.165, 1.54) is 12.3 Å². The SMILES string of the molecule is Cc1cc(C(C#N)(C#N)C(C#N)C#N)co1. The second-order valence-corrected chi connectivity index (χ2v) is 3.17. The summed E-state index contributed by atoms with van der Waals surface area (Å²) in [6.07, 6.45) is 1.23. The molecule has 1 rings (SSSR count). The van der Waals surface area contributed by atoms with Crippen LogP contribution < -0.4 is 0 Å². The van der Waals surface area contributed by atoms with E-state index in [4.69, 9.17) is 25.5 Å². The molecule has 1 aromatic rings. The van der Waals surface area contributed by atoms with Gasteiger partial charge in [-0.2, -0.15) is 21.0 Å². The molecule has 0 atom stereocenters. The van der Waals surface area contributed by atoms with E-state index in [1.807, 2.05) is 0 Å². The zero-order valence-corrected chi connectivity index (χ0v) is 8.43. The van der Waals surface area contributed by atoms with E-state index in [1.54, 1.807) is 31.2 Å². The molecule has 5 heteroatoms. The average Bonchev–Trinajstić information content (AvgIpc) is 2.73. The van der Waals surface area contributed by atoms with Gasteiger partial charge in [0.15, 0.2) is 11.3 Å². The van der Waals surface area contributed by atoms with Crippen molar-refractivity contribution in [1.29, 1.82) is 21.0 Å². The first-order valence-corrected chi connectivity index (χ1v) is 4.32. The standard InChI is InChI=1S/C11H6N4O/c1-8-2-9(5-16-8)11(6-14,7-15)10(3-12)4-13/h2,5,10H,1H3. The van der Waals surface area contributed by atoms with Crippen LogP contribution in [0.3, 0.4) is 0 Å². The summed E-state index contributed by atoms with van der Waals surface area (Å²) in [7, 11) is 0. The van der Waals surface area contributed by atoms with Crippen molar-refractivity contribution in [2.75, 3.05) is 0 Å². The Labute approximate surface area is 92.4 Å². The van der Waals surface area contributed by atoms with Crippen molar-refractivity contribution in [3.63, 3.8) is 0 Å². The fourth-order valence-electron chi connectivity index (χ4n) is 1.32. The summed E-state index contributed by atoms with van der Waals surface area (Å²) in [5.41, 5.74) is -1.55. The summed E-state index contributed by atoms with van der Waals surface area (Å²) >= 11 is 0. The van der Waals surface area contributed by atoms with Gasteiger partial charge in [-0.15, -0.1) is 0 Å². The van der Waals surface area contributed by atoms with E-state index in [2.05, 4.69) is 0 Å². The van der Waals surface area contributed by atoms with Crippen LogP contribution in [0.15, 0.2) is 16.7 Å². The maximum absolute atomic E-state index is 9.06. The van der Waals surface area contributed by atoms with Gasteiger partial charge in [-0.25, -0.2) is 0 Å². The molecule has 0 spiro atoms. The number of nitriles is 4. The summed E-state index contributed by atoms with van der Waals surface area (Å²) < 4.78 is 4.99. The van der Waals surface area contributed by atoms with Crippen molar-refractivity contribution in [2.45, 2.75) is 12.3 Å². The second-order valence-electron chi connectivity index (χ2n) is 3.17. The molecule has 0 unspecified atom stereocenters. The molecule has 1 heterocycles. The van der Waals surface area contributed by atoms with Crippen LogP contribution in [0.5, 0.6) is 0 Å². The van der Waals surface area contributed by atoms with E-state index in [-0.39, 0.29) is 5.56 Å². The molecule has 0 saturated heterocycles. The topological polar surface area (TPSA) is 108 Å². The zero-order valence-electron chi connectivity index (χ0n) is 8.43. The highest BCUT2D eigenvalue weighted by atomic mass is 16.3. The Kier molecular flexibility index (Phi) is 2.95. The van der Waals surface area contributed by atoms with Gasteiger partial charge in [-0.3, -0.25) is 0 Å². The monoisotopic (exact) mass is 210 g/mol. The summed E-state index contributed by atoms with van der Waals surface area (Å²) in [4.78, 5) is 0. The molecule has 0 aromatic carbocycles.